The van der Waals surface area contributed by atoms with Crippen LogP contribution in [0.15, 0.2) is 41.0 Å². The molecule has 2 aromatic rings. The van der Waals surface area contributed by atoms with Gasteiger partial charge in [0.05, 0.1) is 11.4 Å². The number of nitrogens with zero attached hydrogens (tertiary/aromatic N) is 2. The first-order valence-electron chi connectivity index (χ1n) is 7.93. The molecule has 2 N–H and O–H groups in total. The molecule has 6 heteroatoms. The van der Waals surface area contributed by atoms with Crippen molar-refractivity contribution in [2.45, 2.75) is 19.6 Å². The van der Waals surface area contributed by atoms with Crippen LogP contribution in [0.2, 0.25) is 0 Å². The molecule has 0 saturated heterocycles. The van der Waals surface area contributed by atoms with Gasteiger partial charge < -0.3 is 15.1 Å². The molecule has 1 heterocycles. The maximum Gasteiger partial charge on any atom is 0.232 e. The molecule has 0 fully saturated rings. The summed E-state index contributed by atoms with van der Waals surface area (Å²) in [7, 11) is 1.82. The lowest BCUT2D eigenvalue weighted by Gasteiger charge is -2.29. The fourth-order valence-corrected chi connectivity index (χ4v) is 3.07. The summed E-state index contributed by atoms with van der Waals surface area (Å²) in [6, 6.07) is 9.77. The van der Waals surface area contributed by atoms with Crippen molar-refractivity contribution in [2.24, 2.45) is 11.1 Å². The highest BCUT2D eigenvalue weighted by molar-refractivity contribution is 7.99. The second-order valence-corrected chi connectivity index (χ2v) is 7.61. The molecule has 0 aliphatic carbocycles. The summed E-state index contributed by atoms with van der Waals surface area (Å²) in [5.74, 6) is 1.79. The highest BCUT2D eigenvalue weighted by atomic mass is 32.2. The van der Waals surface area contributed by atoms with Crippen LogP contribution in [0, 0.1) is 5.41 Å². The molecular formula is C18H25N3O2S. The zero-order valence-corrected chi connectivity index (χ0v) is 15.3. The van der Waals surface area contributed by atoms with Crippen molar-refractivity contribution in [3.8, 4) is 11.5 Å². The molecule has 0 aliphatic heterocycles. The van der Waals surface area contributed by atoms with Gasteiger partial charge in [-0.05, 0) is 24.1 Å². The molecule has 5 nitrogen and oxygen atoms in total. The SMILES string of the molecule is CN(CC(C)(C)CN)C(=O)CSCc1coc(-c2ccccc2)n1. The molecule has 0 bridgehead atoms. The molecule has 0 spiro atoms. The summed E-state index contributed by atoms with van der Waals surface area (Å²) in [4.78, 5) is 18.4. The van der Waals surface area contributed by atoms with Crippen LogP contribution in [0.25, 0.3) is 11.5 Å². The first-order chi connectivity index (χ1) is 11.4. The highest BCUT2D eigenvalue weighted by Crippen LogP contribution is 2.21. The Hall–Kier alpha value is -1.79. The van der Waals surface area contributed by atoms with Crippen molar-refractivity contribution < 1.29 is 9.21 Å². The highest BCUT2D eigenvalue weighted by Gasteiger charge is 2.21. The van der Waals surface area contributed by atoms with E-state index in [1.54, 1.807) is 11.2 Å². The molecule has 2 rings (SSSR count). The summed E-state index contributed by atoms with van der Waals surface area (Å²) in [5, 5.41) is 0. The van der Waals surface area contributed by atoms with Gasteiger partial charge in [0.1, 0.15) is 6.26 Å². The predicted octanol–water partition coefficient (Wildman–Crippen LogP) is 3.02. The zero-order chi connectivity index (χ0) is 17.6. The van der Waals surface area contributed by atoms with Crippen LogP contribution in [-0.4, -0.2) is 41.7 Å². The monoisotopic (exact) mass is 347 g/mol. The molecule has 130 valence electrons. The summed E-state index contributed by atoms with van der Waals surface area (Å²) in [6.45, 7) is 5.33. The Labute approximate surface area is 147 Å². The molecule has 1 amide bonds. The van der Waals surface area contributed by atoms with Crippen LogP contribution in [0.3, 0.4) is 0 Å². The number of thioether (sulfide) groups is 1. The second kappa shape index (κ2) is 8.35. The Bertz CT molecular complexity index is 655. The average Bonchev–Trinajstić information content (AvgIpc) is 3.04. The summed E-state index contributed by atoms with van der Waals surface area (Å²) in [6.07, 6.45) is 1.65. The quantitative estimate of drug-likeness (QED) is 0.795. The lowest BCUT2D eigenvalue weighted by molar-refractivity contribution is -0.128. The summed E-state index contributed by atoms with van der Waals surface area (Å²) < 4.78 is 5.50. The minimum absolute atomic E-state index is 0.0637. The fraction of sp³-hybridized carbons (Fsp3) is 0.444. The van der Waals surface area contributed by atoms with Gasteiger partial charge in [-0.25, -0.2) is 4.98 Å². The molecule has 0 aliphatic rings. The number of hydrogen-bond donors (Lipinski definition) is 1. The minimum atomic E-state index is -0.0637. The fourth-order valence-electron chi connectivity index (χ4n) is 2.23. The van der Waals surface area contributed by atoms with Crippen molar-refractivity contribution in [2.75, 3.05) is 25.9 Å². The maximum atomic E-state index is 12.2. The van der Waals surface area contributed by atoms with E-state index in [1.807, 2.05) is 37.4 Å². The number of oxazole rings is 1. The van der Waals surface area contributed by atoms with Gasteiger partial charge in [-0.3, -0.25) is 4.79 Å². The van der Waals surface area contributed by atoms with Gasteiger partial charge in [0.25, 0.3) is 0 Å². The first-order valence-corrected chi connectivity index (χ1v) is 9.08. The Kier molecular flexibility index (Phi) is 6.45. The van der Waals surface area contributed by atoms with Crippen LogP contribution in [0.4, 0.5) is 0 Å². The van der Waals surface area contributed by atoms with Crippen molar-refractivity contribution >= 4 is 17.7 Å². The Morgan fingerprint density at radius 3 is 2.71 bits per heavy atom. The molecule has 0 unspecified atom stereocenters. The smallest absolute Gasteiger partial charge is 0.232 e. The van der Waals surface area contributed by atoms with E-state index in [4.69, 9.17) is 10.2 Å². The van der Waals surface area contributed by atoms with Crippen molar-refractivity contribution in [3.05, 3.63) is 42.3 Å². The van der Waals surface area contributed by atoms with Gasteiger partial charge >= 0.3 is 0 Å². The second-order valence-electron chi connectivity index (χ2n) is 6.62. The Morgan fingerprint density at radius 1 is 1.33 bits per heavy atom. The van der Waals surface area contributed by atoms with Crippen LogP contribution >= 0.6 is 11.8 Å². The van der Waals surface area contributed by atoms with Gasteiger partial charge in [0, 0.05) is 24.9 Å². The van der Waals surface area contributed by atoms with E-state index in [0.717, 1.165) is 11.3 Å². The van der Waals surface area contributed by atoms with Crippen LogP contribution in [-0.2, 0) is 10.5 Å². The number of carbonyl (C=O) groups excluding carboxylic acids is 1. The van der Waals surface area contributed by atoms with E-state index in [2.05, 4.69) is 18.8 Å². The standard InChI is InChI=1S/C18H25N3O2S/c1-18(2,12-19)13-21(3)16(22)11-24-10-15-9-23-17(20-15)14-7-5-4-6-8-14/h4-9H,10-13,19H2,1-3H3. The average molecular weight is 347 g/mol. The third-order valence-corrected chi connectivity index (χ3v) is 4.64. The first kappa shape index (κ1) is 18.5. The van der Waals surface area contributed by atoms with Crippen molar-refractivity contribution in [1.82, 2.24) is 9.88 Å². The van der Waals surface area contributed by atoms with Crippen molar-refractivity contribution in [3.63, 3.8) is 0 Å². The van der Waals surface area contributed by atoms with E-state index in [-0.39, 0.29) is 11.3 Å². The predicted molar refractivity (Wildman–Crippen MR) is 98.6 cm³/mol. The van der Waals surface area contributed by atoms with Gasteiger partial charge in [0.15, 0.2) is 0 Å². The normalized spacial score (nSPS) is 11.5. The van der Waals surface area contributed by atoms with Crippen LogP contribution in [0.5, 0.6) is 0 Å². The third kappa shape index (κ3) is 5.39. The molecule has 24 heavy (non-hydrogen) atoms. The van der Waals surface area contributed by atoms with E-state index in [0.29, 0.717) is 30.5 Å². The number of benzene rings is 1. The lowest BCUT2D eigenvalue weighted by Crippen LogP contribution is -2.40. The van der Waals surface area contributed by atoms with E-state index in [9.17, 15) is 4.79 Å². The van der Waals surface area contributed by atoms with Gasteiger partial charge in [0.2, 0.25) is 11.8 Å². The number of rotatable bonds is 8. The van der Waals surface area contributed by atoms with Gasteiger partial charge in [-0.15, -0.1) is 11.8 Å². The Morgan fingerprint density at radius 2 is 2.04 bits per heavy atom. The topological polar surface area (TPSA) is 72.4 Å². The zero-order valence-electron chi connectivity index (χ0n) is 14.5. The molecule has 1 aromatic heterocycles. The molecule has 0 radical (unpaired) electrons. The number of aromatic nitrogens is 1. The number of amides is 1. The van der Waals surface area contributed by atoms with Crippen LogP contribution in [0.1, 0.15) is 19.5 Å². The van der Waals surface area contributed by atoms with E-state index < -0.39 is 0 Å². The summed E-state index contributed by atoms with van der Waals surface area (Å²) in [5.41, 5.74) is 7.45. The Balaban J connectivity index is 1.80. The lowest BCUT2D eigenvalue weighted by atomic mass is 9.93. The third-order valence-electron chi connectivity index (χ3n) is 3.69. The van der Waals surface area contributed by atoms with Gasteiger partial charge in [-0.2, -0.15) is 0 Å². The molecule has 1 aromatic carbocycles. The molecule has 0 saturated carbocycles. The summed E-state index contributed by atoms with van der Waals surface area (Å²) >= 11 is 1.54. The van der Waals surface area contributed by atoms with Crippen molar-refractivity contribution in [1.29, 1.82) is 0 Å². The largest absolute Gasteiger partial charge is 0.444 e. The van der Waals surface area contributed by atoms with Crippen LogP contribution < -0.4 is 5.73 Å². The molecular weight excluding hydrogens is 322 g/mol. The van der Waals surface area contributed by atoms with Gasteiger partial charge in [-0.1, -0.05) is 32.0 Å². The van der Waals surface area contributed by atoms with E-state index >= 15 is 0 Å². The minimum Gasteiger partial charge on any atom is -0.444 e. The van der Waals surface area contributed by atoms with E-state index in [1.165, 1.54) is 11.8 Å². The molecule has 0 atom stereocenters. The number of nitrogens with two attached hydrogens (primary N) is 1. The number of hydrogen-bond acceptors (Lipinski definition) is 5. The maximum absolute atomic E-state index is 12.2. The number of carbonyl (C=O) groups is 1.